The molecule has 17 heavy (non-hydrogen) atoms. The standard InChI is InChI=1S/C16H24O/c1-15(2,3)12-7-8-13-11(9-12)10-14(17-13)16(4,5)6/h7-9,14H,10H2,1-6H3. The Kier molecular flexibility index (Phi) is 2.76. The van der Waals surface area contributed by atoms with Crippen LogP contribution < -0.4 is 4.74 Å². The molecule has 0 saturated carbocycles. The van der Waals surface area contributed by atoms with Crippen LogP contribution in [-0.2, 0) is 11.8 Å². The maximum atomic E-state index is 6.04. The summed E-state index contributed by atoms with van der Waals surface area (Å²) in [6.07, 6.45) is 1.36. The second kappa shape index (κ2) is 3.76. The molecule has 0 saturated heterocycles. The highest BCUT2D eigenvalue weighted by Crippen LogP contribution is 2.38. The largest absolute Gasteiger partial charge is 0.489 e. The molecule has 0 spiro atoms. The average Bonchev–Trinajstić information content (AvgIpc) is 2.57. The first-order chi connectivity index (χ1) is 7.68. The van der Waals surface area contributed by atoms with Crippen molar-refractivity contribution in [3.8, 4) is 5.75 Å². The van der Waals surface area contributed by atoms with E-state index in [4.69, 9.17) is 4.74 Å². The van der Waals surface area contributed by atoms with E-state index < -0.39 is 0 Å². The molecule has 1 aliphatic rings. The van der Waals surface area contributed by atoms with Gasteiger partial charge in [-0.1, -0.05) is 53.7 Å². The number of ether oxygens (including phenoxy) is 1. The molecule has 1 heterocycles. The van der Waals surface area contributed by atoms with Crippen LogP contribution in [0.3, 0.4) is 0 Å². The Bertz CT molecular complexity index is 418. The summed E-state index contributed by atoms with van der Waals surface area (Å²) in [5.41, 5.74) is 3.20. The van der Waals surface area contributed by atoms with Crippen molar-refractivity contribution in [3.63, 3.8) is 0 Å². The molecule has 1 unspecified atom stereocenters. The van der Waals surface area contributed by atoms with Gasteiger partial charge in [-0.15, -0.1) is 0 Å². The van der Waals surface area contributed by atoms with Crippen LogP contribution in [0.2, 0.25) is 0 Å². The van der Waals surface area contributed by atoms with E-state index in [0.29, 0.717) is 6.10 Å². The first-order valence-corrected chi connectivity index (χ1v) is 6.48. The highest BCUT2D eigenvalue weighted by Gasteiger charge is 2.33. The van der Waals surface area contributed by atoms with Gasteiger partial charge in [0.1, 0.15) is 11.9 Å². The predicted octanol–water partition coefficient (Wildman–Crippen LogP) is 4.33. The zero-order valence-electron chi connectivity index (χ0n) is 11.9. The van der Waals surface area contributed by atoms with Crippen LogP contribution in [0.25, 0.3) is 0 Å². The molecule has 0 bridgehead atoms. The van der Waals surface area contributed by atoms with Gasteiger partial charge in [0.05, 0.1) is 0 Å². The lowest BCUT2D eigenvalue weighted by atomic mass is 9.84. The van der Waals surface area contributed by atoms with E-state index >= 15 is 0 Å². The fourth-order valence-electron chi connectivity index (χ4n) is 2.20. The van der Waals surface area contributed by atoms with Crippen molar-refractivity contribution >= 4 is 0 Å². The van der Waals surface area contributed by atoms with Gasteiger partial charge >= 0.3 is 0 Å². The van der Waals surface area contributed by atoms with E-state index in [1.807, 2.05) is 0 Å². The number of rotatable bonds is 0. The molecule has 1 aliphatic heterocycles. The molecule has 0 amide bonds. The summed E-state index contributed by atoms with van der Waals surface area (Å²) in [4.78, 5) is 0. The monoisotopic (exact) mass is 232 g/mol. The number of hydrogen-bond acceptors (Lipinski definition) is 1. The fourth-order valence-corrected chi connectivity index (χ4v) is 2.20. The van der Waals surface area contributed by atoms with Crippen molar-refractivity contribution in [2.75, 3.05) is 0 Å². The van der Waals surface area contributed by atoms with Gasteiger partial charge in [0.25, 0.3) is 0 Å². The summed E-state index contributed by atoms with van der Waals surface area (Å²) in [6.45, 7) is 13.5. The summed E-state index contributed by atoms with van der Waals surface area (Å²) >= 11 is 0. The Morgan fingerprint density at radius 3 is 2.24 bits per heavy atom. The van der Waals surface area contributed by atoms with E-state index in [1.54, 1.807) is 0 Å². The second-order valence-corrected chi connectivity index (χ2v) is 7.25. The summed E-state index contributed by atoms with van der Waals surface area (Å²) in [5.74, 6) is 1.08. The number of hydrogen-bond donors (Lipinski definition) is 0. The van der Waals surface area contributed by atoms with Crippen molar-refractivity contribution < 1.29 is 4.74 Å². The van der Waals surface area contributed by atoms with E-state index in [0.717, 1.165) is 12.2 Å². The molecule has 1 aromatic rings. The van der Waals surface area contributed by atoms with E-state index in [-0.39, 0.29) is 10.8 Å². The molecular weight excluding hydrogens is 208 g/mol. The molecule has 1 heteroatoms. The van der Waals surface area contributed by atoms with E-state index in [2.05, 4.69) is 59.7 Å². The van der Waals surface area contributed by atoms with E-state index in [9.17, 15) is 0 Å². The molecular formula is C16H24O. The van der Waals surface area contributed by atoms with Crippen molar-refractivity contribution in [3.05, 3.63) is 29.3 Å². The minimum Gasteiger partial charge on any atom is -0.489 e. The Morgan fingerprint density at radius 2 is 1.71 bits per heavy atom. The average molecular weight is 232 g/mol. The molecule has 0 radical (unpaired) electrons. The highest BCUT2D eigenvalue weighted by atomic mass is 16.5. The third kappa shape index (κ3) is 2.48. The highest BCUT2D eigenvalue weighted by molar-refractivity contribution is 5.42. The summed E-state index contributed by atoms with van der Waals surface area (Å²) < 4.78 is 6.04. The zero-order valence-corrected chi connectivity index (χ0v) is 11.9. The Balaban J connectivity index is 2.29. The molecule has 0 fully saturated rings. The third-order valence-corrected chi connectivity index (χ3v) is 3.57. The predicted molar refractivity (Wildman–Crippen MR) is 72.7 cm³/mol. The SMILES string of the molecule is CC(C)(C)c1ccc2c(c1)CC(C(C)(C)C)O2. The van der Waals surface area contributed by atoms with Gasteiger partial charge in [-0.3, -0.25) is 0 Å². The van der Waals surface area contributed by atoms with Crippen LogP contribution in [0.15, 0.2) is 18.2 Å². The zero-order chi connectivity index (χ0) is 12.8. The number of benzene rings is 1. The van der Waals surface area contributed by atoms with Crippen LogP contribution >= 0.6 is 0 Å². The van der Waals surface area contributed by atoms with Gasteiger partial charge in [-0.25, -0.2) is 0 Å². The van der Waals surface area contributed by atoms with Crippen molar-refractivity contribution in [2.45, 2.75) is 59.5 Å². The summed E-state index contributed by atoms with van der Waals surface area (Å²) in [7, 11) is 0. The summed E-state index contributed by atoms with van der Waals surface area (Å²) in [5, 5.41) is 0. The van der Waals surface area contributed by atoms with Crippen LogP contribution in [-0.4, -0.2) is 6.10 Å². The van der Waals surface area contributed by atoms with Gasteiger partial charge < -0.3 is 4.74 Å². The molecule has 0 aliphatic carbocycles. The molecule has 2 rings (SSSR count). The smallest absolute Gasteiger partial charge is 0.123 e. The summed E-state index contributed by atoms with van der Waals surface area (Å²) in [6, 6.07) is 6.66. The second-order valence-electron chi connectivity index (χ2n) is 7.25. The molecule has 94 valence electrons. The van der Waals surface area contributed by atoms with Gasteiger partial charge in [0, 0.05) is 6.42 Å². The van der Waals surface area contributed by atoms with Gasteiger partial charge in [-0.05, 0) is 28.0 Å². The lowest BCUT2D eigenvalue weighted by molar-refractivity contribution is 0.109. The maximum Gasteiger partial charge on any atom is 0.123 e. The minimum atomic E-state index is 0.209. The normalized spacial score (nSPS) is 20.0. The fraction of sp³-hybridized carbons (Fsp3) is 0.625. The van der Waals surface area contributed by atoms with Gasteiger partial charge in [-0.2, -0.15) is 0 Å². The lowest BCUT2D eigenvalue weighted by Gasteiger charge is -2.25. The van der Waals surface area contributed by atoms with E-state index in [1.165, 1.54) is 11.1 Å². The van der Waals surface area contributed by atoms with Crippen molar-refractivity contribution in [1.29, 1.82) is 0 Å². The topological polar surface area (TPSA) is 9.23 Å². The van der Waals surface area contributed by atoms with Crippen molar-refractivity contribution in [1.82, 2.24) is 0 Å². The molecule has 0 aromatic heterocycles. The van der Waals surface area contributed by atoms with Crippen LogP contribution in [0, 0.1) is 5.41 Å². The molecule has 0 N–H and O–H groups in total. The van der Waals surface area contributed by atoms with Crippen molar-refractivity contribution in [2.24, 2.45) is 5.41 Å². The Labute approximate surface area is 105 Å². The molecule has 1 atom stereocenters. The molecule has 1 aromatic carbocycles. The first-order valence-electron chi connectivity index (χ1n) is 6.48. The van der Waals surface area contributed by atoms with Gasteiger partial charge in [0.2, 0.25) is 0 Å². The Morgan fingerprint density at radius 1 is 1.06 bits per heavy atom. The first kappa shape index (κ1) is 12.5. The Hall–Kier alpha value is -0.980. The minimum absolute atomic E-state index is 0.209. The quantitative estimate of drug-likeness (QED) is 0.647. The van der Waals surface area contributed by atoms with Crippen LogP contribution in [0.5, 0.6) is 5.75 Å². The van der Waals surface area contributed by atoms with Crippen LogP contribution in [0.4, 0.5) is 0 Å². The lowest BCUT2D eigenvalue weighted by Crippen LogP contribution is -2.30. The maximum absolute atomic E-state index is 6.04. The third-order valence-electron chi connectivity index (χ3n) is 3.57. The number of fused-ring (bicyclic) bond motifs is 1. The van der Waals surface area contributed by atoms with Gasteiger partial charge in [0.15, 0.2) is 0 Å². The van der Waals surface area contributed by atoms with Crippen LogP contribution in [0.1, 0.15) is 52.7 Å². The molecule has 1 nitrogen and oxygen atoms in total.